The van der Waals surface area contributed by atoms with E-state index < -0.39 is 17.7 Å². The van der Waals surface area contributed by atoms with E-state index in [2.05, 4.69) is 23.7 Å². The number of halogens is 2. The van der Waals surface area contributed by atoms with Crippen molar-refractivity contribution < 1.29 is 13.6 Å². The van der Waals surface area contributed by atoms with Crippen LogP contribution in [0.5, 0.6) is 0 Å². The molecule has 2 rings (SSSR count). The summed E-state index contributed by atoms with van der Waals surface area (Å²) in [7, 11) is 0. The zero-order valence-corrected chi connectivity index (χ0v) is 12.5. The van der Waals surface area contributed by atoms with Crippen molar-refractivity contribution in [3.63, 3.8) is 0 Å². The Morgan fingerprint density at radius 3 is 2.52 bits per heavy atom. The minimum absolute atomic E-state index is 0.233. The molecule has 1 aromatic heterocycles. The highest BCUT2D eigenvalue weighted by molar-refractivity contribution is 5.94. The van der Waals surface area contributed by atoms with Gasteiger partial charge in [0.1, 0.15) is 0 Å². The van der Waals surface area contributed by atoms with Crippen LogP contribution in [0.4, 0.5) is 8.78 Å². The number of aromatic nitrogens is 1. The molecule has 0 aromatic carbocycles. The number of carbonyl (C=O) groups is 1. The number of nitrogens with zero attached hydrogens (tertiary/aromatic N) is 3. The zero-order chi connectivity index (χ0) is 15.4. The third-order valence-corrected chi connectivity index (χ3v) is 4.16. The number of pyridine rings is 1. The summed E-state index contributed by atoms with van der Waals surface area (Å²) in [6, 6.07) is 1.69. The van der Waals surface area contributed by atoms with Crippen LogP contribution in [0.3, 0.4) is 0 Å². The van der Waals surface area contributed by atoms with E-state index in [9.17, 15) is 13.6 Å². The van der Waals surface area contributed by atoms with Gasteiger partial charge in [-0.25, -0.2) is 9.37 Å². The highest BCUT2D eigenvalue weighted by Crippen LogP contribution is 2.19. The van der Waals surface area contributed by atoms with Crippen LogP contribution in [0.15, 0.2) is 12.3 Å². The molecule has 1 aliphatic heterocycles. The van der Waals surface area contributed by atoms with Crippen LogP contribution in [0.2, 0.25) is 0 Å². The van der Waals surface area contributed by atoms with Crippen molar-refractivity contribution in [1.82, 2.24) is 14.8 Å². The second kappa shape index (κ2) is 6.93. The lowest BCUT2D eigenvalue weighted by molar-refractivity contribution is 0.0625. The van der Waals surface area contributed by atoms with E-state index in [1.165, 1.54) is 6.07 Å². The highest BCUT2D eigenvalue weighted by Gasteiger charge is 2.28. The Bertz CT molecular complexity index is 498. The molecule has 0 aliphatic carbocycles. The summed E-state index contributed by atoms with van der Waals surface area (Å²) in [5.74, 6) is -2.83. The molecule has 0 unspecified atom stereocenters. The van der Waals surface area contributed by atoms with E-state index in [0.29, 0.717) is 19.1 Å². The lowest BCUT2D eigenvalue weighted by atomic mass is 10.0. The standard InChI is InChI=1S/C15H21F2N3O/c1-3-19(4-2)11-6-9-20(10-7-11)15(21)12-5-8-18-14(17)13(12)16/h5,8,11H,3-4,6-7,9-10H2,1-2H3. The van der Waals surface area contributed by atoms with Crippen molar-refractivity contribution in [3.8, 4) is 0 Å². The van der Waals surface area contributed by atoms with Crippen LogP contribution < -0.4 is 0 Å². The van der Waals surface area contributed by atoms with Crippen LogP contribution in [0, 0.1) is 11.8 Å². The van der Waals surface area contributed by atoms with E-state index in [-0.39, 0.29) is 5.56 Å². The van der Waals surface area contributed by atoms with Gasteiger partial charge >= 0.3 is 0 Å². The quantitative estimate of drug-likeness (QED) is 0.800. The highest BCUT2D eigenvalue weighted by atomic mass is 19.2. The molecule has 0 radical (unpaired) electrons. The second-order valence-electron chi connectivity index (χ2n) is 5.21. The third-order valence-electron chi connectivity index (χ3n) is 4.16. The van der Waals surface area contributed by atoms with Crippen molar-refractivity contribution in [1.29, 1.82) is 0 Å². The van der Waals surface area contributed by atoms with Crippen molar-refractivity contribution in [2.24, 2.45) is 0 Å². The molecule has 116 valence electrons. The van der Waals surface area contributed by atoms with Gasteiger partial charge < -0.3 is 9.80 Å². The minimum Gasteiger partial charge on any atom is -0.338 e. The molecule has 1 aliphatic rings. The molecule has 2 heterocycles. The number of carbonyl (C=O) groups excluding carboxylic acids is 1. The number of likely N-dealkylation sites (tertiary alicyclic amines) is 1. The maximum atomic E-state index is 13.6. The Morgan fingerprint density at radius 1 is 1.33 bits per heavy atom. The Kier molecular flexibility index (Phi) is 5.22. The van der Waals surface area contributed by atoms with Gasteiger partial charge in [-0.2, -0.15) is 4.39 Å². The number of hydrogen-bond donors (Lipinski definition) is 0. The predicted octanol–water partition coefficient (Wildman–Crippen LogP) is 2.31. The van der Waals surface area contributed by atoms with Crippen LogP contribution in [0.25, 0.3) is 0 Å². The van der Waals surface area contributed by atoms with Crippen molar-refractivity contribution in [2.45, 2.75) is 32.7 Å². The summed E-state index contributed by atoms with van der Waals surface area (Å²) in [6.45, 7) is 7.36. The molecule has 0 spiro atoms. The topological polar surface area (TPSA) is 36.4 Å². The summed E-state index contributed by atoms with van der Waals surface area (Å²) >= 11 is 0. The molecular formula is C15H21F2N3O. The average Bonchev–Trinajstić information content (AvgIpc) is 2.51. The van der Waals surface area contributed by atoms with Gasteiger partial charge in [-0.3, -0.25) is 4.79 Å². The molecule has 0 bridgehead atoms. The van der Waals surface area contributed by atoms with Crippen LogP contribution >= 0.6 is 0 Å². The molecule has 1 amide bonds. The van der Waals surface area contributed by atoms with E-state index >= 15 is 0 Å². The van der Waals surface area contributed by atoms with Crippen LogP contribution in [-0.4, -0.2) is 52.9 Å². The minimum atomic E-state index is -1.22. The molecule has 21 heavy (non-hydrogen) atoms. The SMILES string of the molecule is CCN(CC)C1CCN(C(=O)c2ccnc(F)c2F)CC1. The molecule has 0 saturated carbocycles. The van der Waals surface area contributed by atoms with Crippen molar-refractivity contribution in [2.75, 3.05) is 26.2 Å². The maximum Gasteiger partial charge on any atom is 0.257 e. The molecule has 0 atom stereocenters. The van der Waals surface area contributed by atoms with E-state index in [4.69, 9.17) is 0 Å². The number of piperidine rings is 1. The van der Waals surface area contributed by atoms with Gasteiger partial charge in [0.25, 0.3) is 5.91 Å². The summed E-state index contributed by atoms with van der Waals surface area (Å²) in [4.78, 5) is 19.4. The van der Waals surface area contributed by atoms with Crippen molar-refractivity contribution in [3.05, 3.63) is 29.6 Å². The predicted molar refractivity (Wildman–Crippen MR) is 76.0 cm³/mol. The monoisotopic (exact) mass is 297 g/mol. The molecule has 1 aromatic rings. The van der Waals surface area contributed by atoms with Crippen LogP contribution in [0.1, 0.15) is 37.0 Å². The summed E-state index contributed by atoms with van der Waals surface area (Å²) < 4.78 is 26.7. The molecule has 1 saturated heterocycles. The first-order valence-corrected chi connectivity index (χ1v) is 7.41. The smallest absolute Gasteiger partial charge is 0.257 e. The van der Waals surface area contributed by atoms with Gasteiger partial charge in [0.15, 0.2) is 5.82 Å². The molecule has 6 heteroatoms. The van der Waals surface area contributed by atoms with E-state index in [0.717, 1.165) is 32.1 Å². The van der Waals surface area contributed by atoms with Gasteiger partial charge in [-0.15, -0.1) is 0 Å². The lowest BCUT2D eigenvalue weighted by Gasteiger charge is -2.37. The molecule has 4 nitrogen and oxygen atoms in total. The summed E-state index contributed by atoms with van der Waals surface area (Å²) in [5, 5.41) is 0. The first-order valence-electron chi connectivity index (χ1n) is 7.41. The van der Waals surface area contributed by atoms with E-state index in [1.807, 2.05) is 0 Å². The Morgan fingerprint density at radius 2 is 1.95 bits per heavy atom. The summed E-state index contributed by atoms with van der Waals surface area (Å²) in [6.07, 6.45) is 2.85. The number of rotatable bonds is 4. The maximum absolute atomic E-state index is 13.6. The molecular weight excluding hydrogens is 276 g/mol. The fourth-order valence-corrected chi connectivity index (χ4v) is 2.93. The first kappa shape index (κ1) is 15.8. The second-order valence-corrected chi connectivity index (χ2v) is 5.21. The third kappa shape index (κ3) is 3.37. The first-order chi connectivity index (χ1) is 10.1. The van der Waals surface area contributed by atoms with Gasteiger partial charge in [-0.05, 0) is 32.0 Å². The Balaban J connectivity index is 2.02. The fraction of sp³-hybridized carbons (Fsp3) is 0.600. The number of hydrogen-bond acceptors (Lipinski definition) is 3. The Labute approximate surface area is 123 Å². The van der Waals surface area contributed by atoms with Gasteiger partial charge in [0, 0.05) is 25.3 Å². The van der Waals surface area contributed by atoms with Crippen LogP contribution in [-0.2, 0) is 0 Å². The largest absolute Gasteiger partial charge is 0.338 e. The fourth-order valence-electron chi connectivity index (χ4n) is 2.93. The zero-order valence-electron chi connectivity index (χ0n) is 12.5. The number of amides is 1. The van der Waals surface area contributed by atoms with Crippen molar-refractivity contribution >= 4 is 5.91 Å². The van der Waals surface area contributed by atoms with Gasteiger partial charge in [-0.1, -0.05) is 13.8 Å². The Hall–Kier alpha value is -1.56. The average molecular weight is 297 g/mol. The van der Waals surface area contributed by atoms with E-state index in [1.54, 1.807) is 4.90 Å². The molecule has 0 N–H and O–H groups in total. The normalized spacial score (nSPS) is 16.5. The summed E-state index contributed by atoms with van der Waals surface area (Å²) in [5.41, 5.74) is -0.233. The molecule has 1 fully saturated rings. The lowest BCUT2D eigenvalue weighted by Crippen LogP contribution is -2.46. The van der Waals surface area contributed by atoms with Gasteiger partial charge in [0.2, 0.25) is 5.95 Å². The van der Waals surface area contributed by atoms with Gasteiger partial charge in [0.05, 0.1) is 5.56 Å².